The van der Waals surface area contributed by atoms with Crippen molar-refractivity contribution in [2.45, 2.75) is 45.2 Å². The molecule has 2 heterocycles. The molecule has 0 amide bonds. The first kappa shape index (κ1) is 13.8. The summed E-state index contributed by atoms with van der Waals surface area (Å²) in [5.41, 5.74) is 1.91. The van der Waals surface area contributed by atoms with Gasteiger partial charge in [0.25, 0.3) is 0 Å². The van der Waals surface area contributed by atoms with Crippen molar-refractivity contribution in [2.24, 2.45) is 5.41 Å². The summed E-state index contributed by atoms with van der Waals surface area (Å²) in [7, 11) is 0. The Morgan fingerprint density at radius 2 is 2.30 bits per heavy atom. The molecule has 2 aromatic rings. The highest BCUT2D eigenvalue weighted by molar-refractivity contribution is 6.16. The summed E-state index contributed by atoms with van der Waals surface area (Å²) < 4.78 is 8.03. The molecule has 0 N–H and O–H groups in total. The highest BCUT2D eigenvalue weighted by Gasteiger charge is 2.51. The van der Waals surface area contributed by atoms with Crippen molar-refractivity contribution in [3.8, 4) is 0 Å². The van der Waals surface area contributed by atoms with Gasteiger partial charge in [0.2, 0.25) is 0 Å². The van der Waals surface area contributed by atoms with Crippen LogP contribution in [-0.2, 0) is 10.6 Å². The lowest BCUT2D eigenvalue weighted by Gasteiger charge is -2.52. The van der Waals surface area contributed by atoms with Gasteiger partial charge in [-0.15, -0.1) is 11.6 Å². The van der Waals surface area contributed by atoms with Gasteiger partial charge in [0, 0.05) is 24.3 Å². The van der Waals surface area contributed by atoms with Crippen molar-refractivity contribution in [3.63, 3.8) is 0 Å². The number of hydrogen-bond acceptors (Lipinski definition) is 3. The third-order valence-corrected chi connectivity index (χ3v) is 4.69. The van der Waals surface area contributed by atoms with Crippen LogP contribution in [0.4, 0.5) is 0 Å². The van der Waals surface area contributed by atoms with Crippen LogP contribution in [0.25, 0.3) is 11.2 Å². The normalized spacial score (nSPS) is 24.8. The second kappa shape index (κ2) is 5.01. The molecule has 2 atom stereocenters. The number of ether oxygens (including phenoxy) is 1. The zero-order valence-electron chi connectivity index (χ0n) is 12.1. The molecular formula is C15H20ClN3O. The van der Waals surface area contributed by atoms with Crippen LogP contribution in [0.3, 0.4) is 0 Å². The molecule has 1 saturated carbocycles. The average molecular weight is 294 g/mol. The molecule has 20 heavy (non-hydrogen) atoms. The van der Waals surface area contributed by atoms with Gasteiger partial charge >= 0.3 is 0 Å². The molecule has 3 rings (SSSR count). The van der Waals surface area contributed by atoms with Gasteiger partial charge in [-0.25, -0.2) is 9.97 Å². The third kappa shape index (κ3) is 1.93. The molecule has 4 nitrogen and oxygen atoms in total. The lowest BCUT2D eigenvalue weighted by Crippen LogP contribution is -2.51. The van der Waals surface area contributed by atoms with Crippen LogP contribution in [0, 0.1) is 5.41 Å². The van der Waals surface area contributed by atoms with Gasteiger partial charge in [0.15, 0.2) is 5.65 Å². The van der Waals surface area contributed by atoms with Crippen molar-refractivity contribution in [1.29, 1.82) is 0 Å². The van der Waals surface area contributed by atoms with E-state index in [9.17, 15) is 0 Å². The topological polar surface area (TPSA) is 39.9 Å². The second-order valence-corrected chi connectivity index (χ2v) is 6.16. The predicted octanol–water partition coefficient (Wildman–Crippen LogP) is 3.55. The van der Waals surface area contributed by atoms with Crippen molar-refractivity contribution < 1.29 is 4.74 Å². The van der Waals surface area contributed by atoms with E-state index in [1.54, 1.807) is 0 Å². The maximum absolute atomic E-state index is 6.08. The maximum atomic E-state index is 6.08. The number of halogens is 1. The fourth-order valence-corrected chi connectivity index (χ4v) is 3.37. The van der Waals surface area contributed by atoms with Crippen LogP contribution in [0.15, 0.2) is 18.3 Å². The third-order valence-electron chi connectivity index (χ3n) is 4.45. The van der Waals surface area contributed by atoms with E-state index >= 15 is 0 Å². The minimum Gasteiger partial charge on any atom is -0.378 e. The zero-order valence-corrected chi connectivity index (χ0v) is 12.9. The maximum Gasteiger partial charge on any atom is 0.160 e. The standard InChI is InChI=1S/C15H20ClN3O/c1-4-20-12-8-11(15(12,2)3)19-13(9-16)18-10-6-5-7-17-14(10)19/h5-7,11-12H,4,8-9H2,1-3H3. The molecule has 5 heteroatoms. The molecule has 2 aromatic heterocycles. The van der Waals surface area contributed by atoms with E-state index in [1.807, 2.05) is 25.3 Å². The first-order valence-corrected chi connectivity index (χ1v) is 7.62. The van der Waals surface area contributed by atoms with Gasteiger partial charge in [-0.05, 0) is 25.5 Å². The number of imidazole rings is 1. The molecule has 1 aliphatic rings. The summed E-state index contributed by atoms with van der Waals surface area (Å²) in [5.74, 6) is 1.30. The zero-order chi connectivity index (χ0) is 14.3. The van der Waals surface area contributed by atoms with Gasteiger partial charge in [-0.1, -0.05) is 13.8 Å². The Hall–Kier alpha value is -1.13. The van der Waals surface area contributed by atoms with Crippen molar-refractivity contribution in [3.05, 3.63) is 24.2 Å². The molecule has 1 aliphatic carbocycles. The Kier molecular flexibility index (Phi) is 3.46. The Labute approximate surface area is 124 Å². The molecule has 2 unspecified atom stereocenters. The summed E-state index contributed by atoms with van der Waals surface area (Å²) >= 11 is 6.08. The van der Waals surface area contributed by atoms with E-state index < -0.39 is 0 Å². The number of aromatic nitrogens is 3. The molecule has 0 aliphatic heterocycles. The summed E-state index contributed by atoms with van der Waals surface area (Å²) in [5, 5.41) is 0. The molecular weight excluding hydrogens is 274 g/mol. The lowest BCUT2D eigenvalue weighted by atomic mass is 9.64. The molecule has 108 valence electrons. The molecule has 0 saturated heterocycles. The van der Waals surface area contributed by atoms with Crippen LogP contribution >= 0.6 is 11.6 Å². The van der Waals surface area contributed by atoms with Crippen LogP contribution in [0.1, 0.15) is 39.1 Å². The first-order valence-electron chi connectivity index (χ1n) is 7.09. The SMILES string of the molecule is CCOC1CC(n2c(CCl)nc3cccnc32)C1(C)C. The van der Waals surface area contributed by atoms with Gasteiger partial charge in [0.1, 0.15) is 11.3 Å². The Morgan fingerprint density at radius 3 is 2.95 bits per heavy atom. The number of fused-ring (bicyclic) bond motifs is 1. The lowest BCUT2D eigenvalue weighted by molar-refractivity contribution is -0.127. The van der Waals surface area contributed by atoms with E-state index in [1.165, 1.54) is 0 Å². The molecule has 0 aromatic carbocycles. The van der Waals surface area contributed by atoms with Crippen molar-refractivity contribution in [1.82, 2.24) is 14.5 Å². The van der Waals surface area contributed by atoms with Gasteiger partial charge in [0.05, 0.1) is 12.0 Å². The first-order chi connectivity index (χ1) is 9.59. The van der Waals surface area contributed by atoms with E-state index in [2.05, 4.69) is 28.4 Å². The highest BCUT2D eigenvalue weighted by atomic mass is 35.5. The number of nitrogens with zero attached hydrogens (tertiary/aromatic N) is 3. The van der Waals surface area contributed by atoms with Crippen molar-refractivity contribution in [2.75, 3.05) is 6.61 Å². The fraction of sp³-hybridized carbons (Fsp3) is 0.600. The molecule has 1 fully saturated rings. The summed E-state index contributed by atoms with van der Waals surface area (Å²) in [6.07, 6.45) is 3.10. The van der Waals surface area contributed by atoms with Gasteiger partial charge in [-0.3, -0.25) is 0 Å². The number of hydrogen-bond donors (Lipinski definition) is 0. The largest absolute Gasteiger partial charge is 0.378 e. The fourth-order valence-electron chi connectivity index (χ4n) is 3.18. The minimum atomic E-state index is 0.0714. The minimum absolute atomic E-state index is 0.0714. The van der Waals surface area contributed by atoms with Crippen LogP contribution in [0.5, 0.6) is 0 Å². The van der Waals surface area contributed by atoms with E-state index in [-0.39, 0.29) is 5.41 Å². The van der Waals surface area contributed by atoms with Crippen LogP contribution < -0.4 is 0 Å². The Balaban J connectivity index is 2.03. The van der Waals surface area contributed by atoms with E-state index in [0.717, 1.165) is 30.0 Å². The van der Waals surface area contributed by atoms with Crippen LogP contribution in [-0.4, -0.2) is 27.2 Å². The van der Waals surface area contributed by atoms with Gasteiger partial charge in [-0.2, -0.15) is 0 Å². The smallest absolute Gasteiger partial charge is 0.160 e. The number of rotatable bonds is 4. The van der Waals surface area contributed by atoms with Gasteiger partial charge < -0.3 is 9.30 Å². The molecule has 0 bridgehead atoms. The highest BCUT2D eigenvalue weighted by Crippen LogP contribution is 2.52. The monoisotopic (exact) mass is 293 g/mol. The number of pyridine rings is 1. The van der Waals surface area contributed by atoms with Crippen LogP contribution in [0.2, 0.25) is 0 Å². The second-order valence-electron chi connectivity index (χ2n) is 5.89. The van der Waals surface area contributed by atoms with E-state index in [4.69, 9.17) is 16.3 Å². The average Bonchev–Trinajstić information content (AvgIpc) is 2.81. The quantitative estimate of drug-likeness (QED) is 0.810. The predicted molar refractivity (Wildman–Crippen MR) is 79.9 cm³/mol. The number of alkyl halides is 1. The summed E-state index contributed by atoms with van der Waals surface area (Å²) in [4.78, 5) is 9.09. The molecule has 0 radical (unpaired) electrons. The Bertz CT molecular complexity index is 623. The van der Waals surface area contributed by atoms with Crippen molar-refractivity contribution >= 4 is 22.8 Å². The molecule has 0 spiro atoms. The summed E-state index contributed by atoms with van der Waals surface area (Å²) in [6, 6.07) is 4.24. The Morgan fingerprint density at radius 1 is 1.50 bits per heavy atom. The van der Waals surface area contributed by atoms with E-state index in [0.29, 0.717) is 18.0 Å². The summed E-state index contributed by atoms with van der Waals surface area (Å²) in [6.45, 7) is 7.29.